The molecule has 0 saturated carbocycles. The van der Waals surface area contributed by atoms with Crippen LogP contribution in [0.2, 0.25) is 0 Å². The van der Waals surface area contributed by atoms with Gasteiger partial charge in [0.1, 0.15) is 11.6 Å². The lowest BCUT2D eigenvalue weighted by Gasteiger charge is -2.13. The molecule has 3 rings (SSSR count). The van der Waals surface area contributed by atoms with Gasteiger partial charge < -0.3 is 30.7 Å². The predicted octanol–water partition coefficient (Wildman–Crippen LogP) is 4.21. The summed E-state index contributed by atoms with van der Waals surface area (Å²) in [7, 11) is 0. The van der Waals surface area contributed by atoms with Crippen molar-refractivity contribution in [2.24, 2.45) is 11.5 Å². The second-order valence-electron chi connectivity index (χ2n) is 8.25. The minimum atomic E-state index is -3.11. The van der Waals surface area contributed by atoms with Crippen LogP contribution < -0.4 is 26.3 Å². The van der Waals surface area contributed by atoms with Crippen LogP contribution in [-0.2, 0) is 11.3 Å². The fourth-order valence-electron chi connectivity index (χ4n) is 3.38. The number of primary amides is 1. The van der Waals surface area contributed by atoms with Crippen molar-refractivity contribution in [3.63, 3.8) is 0 Å². The highest BCUT2D eigenvalue weighted by atomic mass is 19.3. The van der Waals surface area contributed by atoms with E-state index in [1.54, 1.807) is 6.92 Å². The van der Waals surface area contributed by atoms with E-state index in [0.717, 1.165) is 6.07 Å². The number of nitrogens with zero attached hydrogens (tertiary/aromatic N) is 1. The van der Waals surface area contributed by atoms with Crippen LogP contribution in [0.3, 0.4) is 0 Å². The highest BCUT2D eigenvalue weighted by Crippen LogP contribution is 2.35. The molecule has 38 heavy (non-hydrogen) atoms. The van der Waals surface area contributed by atoms with E-state index < -0.39 is 36.1 Å². The maximum absolute atomic E-state index is 13.9. The fourth-order valence-corrected chi connectivity index (χ4v) is 3.38. The molecule has 1 atom stereocenters. The second kappa shape index (κ2) is 12.9. The maximum Gasteiger partial charge on any atom is 0.387 e. The second-order valence-corrected chi connectivity index (χ2v) is 8.25. The third-order valence-corrected chi connectivity index (χ3v) is 5.22. The molecule has 204 valence electrons. The summed E-state index contributed by atoms with van der Waals surface area (Å²) in [6.07, 6.45) is 1.02. The van der Waals surface area contributed by atoms with Crippen LogP contribution in [0.1, 0.15) is 54.0 Å². The molecule has 3 aromatic rings. The first-order valence-corrected chi connectivity index (χ1v) is 11.5. The maximum atomic E-state index is 13.9. The lowest BCUT2D eigenvalue weighted by molar-refractivity contribution is -0.118. The minimum absolute atomic E-state index is 0.0268. The number of oxazole rings is 1. The number of unbranched alkanes of at least 4 members (excludes halogenated alkanes) is 1. The molecule has 0 aliphatic rings. The van der Waals surface area contributed by atoms with E-state index in [1.165, 1.54) is 24.3 Å². The van der Waals surface area contributed by atoms with E-state index in [4.69, 9.17) is 20.6 Å². The monoisotopic (exact) mass is 538 g/mol. The third kappa shape index (κ3) is 7.68. The van der Waals surface area contributed by atoms with E-state index in [2.05, 4.69) is 15.0 Å². The van der Waals surface area contributed by atoms with Gasteiger partial charge in [0, 0.05) is 30.2 Å². The topological polar surface area (TPSA) is 143 Å². The molecule has 1 heterocycles. The van der Waals surface area contributed by atoms with Crippen molar-refractivity contribution < 1.29 is 41.0 Å². The minimum Gasteiger partial charge on any atom is -0.490 e. The Kier molecular flexibility index (Phi) is 9.66. The Morgan fingerprint density at radius 1 is 1.11 bits per heavy atom. The quantitative estimate of drug-likeness (QED) is 0.219. The summed E-state index contributed by atoms with van der Waals surface area (Å²) in [5, 5.41) is 2.49. The van der Waals surface area contributed by atoms with E-state index in [9.17, 15) is 27.2 Å². The van der Waals surface area contributed by atoms with Crippen molar-refractivity contribution in [1.29, 1.82) is 0 Å². The number of nitrogens with two attached hydrogens (primary N) is 2. The Labute approximate surface area is 215 Å². The summed E-state index contributed by atoms with van der Waals surface area (Å²) in [5.74, 6) is -3.08. The summed E-state index contributed by atoms with van der Waals surface area (Å²) in [4.78, 5) is 27.9. The number of hydrogen-bond acceptors (Lipinski definition) is 7. The first kappa shape index (κ1) is 28.4. The molecule has 0 aliphatic heterocycles. The third-order valence-electron chi connectivity index (χ3n) is 5.22. The largest absolute Gasteiger partial charge is 0.490 e. The van der Waals surface area contributed by atoms with Crippen LogP contribution in [0.4, 0.5) is 17.6 Å². The van der Waals surface area contributed by atoms with Crippen molar-refractivity contribution in [3.8, 4) is 23.0 Å². The normalized spacial score (nSPS) is 11.9. The number of rotatable bonds is 13. The summed E-state index contributed by atoms with van der Waals surface area (Å²) >= 11 is 0. The molecule has 1 aromatic heterocycles. The molecule has 0 radical (unpaired) electrons. The van der Waals surface area contributed by atoms with Crippen LogP contribution in [0.5, 0.6) is 11.5 Å². The van der Waals surface area contributed by atoms with Crippen molar-refractivity contribution in [3.05, 3.63) is 65.1 Å². The zero-order valence-corrected chi connectivity index (χ0v) is 20.3. The average Bonchev–Trinajstić information content (AvgIpc) is 3.29. The number of carbonyl (C=O) groups is 2. The lowest BCUT2D eigenvalue weighted by atomic mass is 10.2. The highest BCUT2D eigenvalue weighted by Gasteiger charge is 2.24. The van der Waals surface area contributed by atoms with Crippen LogP contribution in [0.15, 0.2) is 40.8 Å². The molecule has 0 bridgehead atoms. The standard InChI is InChI=1S/C25H26F4N4O5/c1-13(30)22-21(23(35)32-12-15-5-7-16(26)11-17(15)27)33-24(38-22)14-6-8-18(37-25(28)29)19(10-14)36-9-3-2-4-20(31)34/h5-8,10-11,13,25H,2-4,9,12,30H2,1H3,(H2,31,34)(H,32,35)/t13-/m0/s1. The zero-order valence-electron chi connectivity index (χ0n) is 20.3. The highest BCUT2D eigenvalue weighted by molar-refractivity contribution is 5.94. The molecule has 0 saturated heterocycles. The average molecular weight is 538 g/mol. The number of hydrogen-bond donors (Lipinski definition) is 3. The van der Waals surface area contributed by atoms with Crippen LogP contribution >= 0.6 is 0 Å². The molecule has 0 aliphatic carbocycles. The molecular weight excluding hydrogens is 512 g/mol. The van der Waals surface area contributed by atoms with Gasteiger partial charge in [0.25, 0.3) is 5.91 Å². The lowest BCUT2D eigenvalue weighted by Crippen LogP contribution is -2.25. The summed E-state index contributed by atoms with van der Waals surface area (Å²) < 4.78 is 68.6. The van der Waals surface area contributed by atoms with Gasteiger partial charge in [-0.3, -0.25) is 9.59 Å². The van der Waals surface area contributed by atoms with Gasteiger partial charge in [0.15, 0.2) is 23.0 Å². The molecule has 0 unspecified atom stereocenters. The van der Waals surface area contributed by atoms with Crippen LogP contribution in [-0.4, -0.2) is 30.0 Å². The molecule has 0 fully saturated rings. The zero-order chi connectivity index (χ0) is 27.8. The summed E-state index contributed by atoms with van der Waals surface area (Å²) in [5.41, 5.74) is 11.2. The van der Waals surface area contributed by atoms with Crippen molar-refractivity contribution in [2.45, 2.75) is 45.4 Å². The van der Waals surface area contributed by atoms with Gasteiger partial charge >= 0.3 is 6.61 Å². The number of aromatic nitrogens is 1. The predicted molar refractivity (Wildman–Crippen MR) is 127 cm³/mol. The number of alkyl halides is 2. The van der Waals surface area contributed by atoms with E-state index in [0.29, 0.717) is 18.9 Å². The summed E-state index contributed by atoms with van der Waals surface area (Å²) in [6, 6.07) is 6.15. The number of benzene rings is 2. The summed E-state index contributed by atoms with van der Waals surface area (Å²) in [6.45, 7) is -1.72. The molecule has 0 spiro atoms. The van der Waals surface area contributed by atoms with Gasteiger partial charge in [0.05, 0.1) is 12.6 Å². The Morgan fingerprint density at radius 3 is 2.53 bits per heavy atom. The van der Waals surface area contributed by atoms with Crippen molar-refractivity contribution in [2.75, 3.05) is 6.61 Å². The van der Waals surface area contributed by atoms with Crippen molar-refractivity contribution in [1.82, 2.24) is 10.3 Å². The molecule has 2 amide bonds. The van der Waals surface area contributed by atoms with Crippen molar-refractivity contribution >= 4 is 11.8 Å². The van der Waals surface area contributed by atoms with Crippen LogP contribution in [0.25, 0.3) is 11.5 Å². The number of amides is 2. The van der Waals surface area contributed by atoms with Gasteiger partial charge in [-0.25, -0.2) is 13.8 Å². The first-order chi connectivity index (χ1) is 18.0. The van der Waals surface area contributed by atoms with E-state index in [1.807, 2.05) is 0 Å². The first-order valence-electron chi connectivity index (χ1n) is 11.5. The van der Waals surface area contributed by atoms with Gasteiger partial charge in [-0.05, 0) is 44.0 Å². The van der Waals surface area contributed by atoms with E-state index >= 15 is 0 Å². The molecule has 5 N–H and O–H groups in total. The SMILES string of the molecule is C[C@H](N)c1oc(-c2ccc(OC(F)F)c(OCCCCC(N)=O)c2)nc1C(=O)NCc1ccc(F)cc1F. The van der Waals surface area contributed by atoms with Gasteiger partial charge in [0.2, 0.25) is 11.8 Å². The molecule has 2 aromatic carbocycles. The van der Waals surface area contributed by atoms with Gasteiger partial charge in [-0.15, -0.1) is 0 Å². The molecule has 13 heteroatoms. The molecule has 9 nitrogen and oxygen atoms in total. The Balaban J connectivity index is 1.82. The van der Waals surface area contributed by atoms with Gasteiger partial charge in [-0.2, -0.15) is 8.78 Å². The van der Waals surface area contributed by atoms with Gasteiger partial charge in [-0.1, -0.05) is 6.07 Å². The Morgan fingerprint density at radius 2 is 1.87 bits per heavy atom. The number of halogens is 4. The van der Waals surface area contributed by atoms with Crippen LogP contribution in [0, 0.1) is 11.6 Å². The Bertz CT molecular complexity index is 1280. The van der Waals surface area contributed by atoms with E-state index in [-0.39, 0.29) is 59.5 Å². The molecular formula is C25H26F4N4O5. The number of nitrogens with one attached hydrogen (secondary N) is 1. The number of carbonyl (C=O) groups excluding carboxylic acids is 2. The number of ether oxygens (including phenoxy) is 2. The smallest absolute Gasteiger partial charge is 0.387 e. The fraction of sp³-hybridized carbons (Fsp3) is 0.320. The Hall–Kier alpha value is -4.13.